The zero-order chi connectivity index (χ0) is 10.7. The van der Waals surface area contributed by atoms with Gasteiger partial charge in [-0.2, -0.15) is 0 Å². The molecule has 0 amide bonds. The number of hydrogen-bond donors (Lipinski definition) is 1. The van der Waals surface area contributed by atoms with Crippen LogP contribution in [0.15, 0.2) is 29.7 Å². The molecule has 76 valence electrons. The Kier molecular flexibility index (Phi) is 3.82. The van der Waals surface area contributed by atoms with Gasteiger partial charge in [-0.3, -0.25) is 0 Å². The maximum atomic E-state index is 4.40. The summed E-state index contributed by atoms with van der Waals surface area (Å²) in [5.74, 6) is 0.495. The van der Waals surface area contributed by atoms with Gasteiger partial charge in [-0.1, -0.05) is 33.4 Å². The average Bonchev–Trinajstić information content (AvgIpc) is 2.15. The number of hydrogen-bond acceptors (Lipinski definition) is 1. The lowest BCUT2D eigenvalue weighted by Gasteiger charge is -2.11. The molecule has 0 fully saturated rings. The van der Waals surface area contributed by atoms with Gasteiger partial charge in [0.15, 0.2) is 0 Å². The Morgan fingerprint density at radius 3 is 2.50 bits per heavy atom. The summed E-state index contributed by atoms with van der Waals surface area (Å²) >= 11 is 4.40. The molecule has 0 atom stereocenters. The molecule has 0 aliphatic carbocycles. The van der Waals surface area contributed by atoms with Crippen LogP contribution in [0.25, 0.3) is 5.57 Å². The highest BCUT2D eigenvalue weighted by Gasteiger charge is 2.05. The third-order valence-corrected chi connectivity index (χ3v) is 2.71. The molecular weight excluding hydrogens is 188 g/mol. The molecule has 0 heterocycles. The number of benzene rings is 1. The van der Waals surface area contributed by atoms with Gasteiger partial charge in [0.25, 0.3) is 0 Å². The van der Waals surface area contributed by atoms with Crippen molar-refractivity contribution in [2.75, 3.05) is 0 Å². The monoisotopic (exact) mass is 206 g/mol. The fourth-order valence-corrected chi connectivity index (χ4v) is 1.70. The SMILES string of the molecule is C=C(c1cc(S)cc(CC)c1)C(C)C. The second-order valence-electron chi connectivity index (χ2n) is 3.92. The topological polar surface area (TPSA) is 0 Å². The van der Waals surface area contributed by atoms with E-state index in [2.05, 4.69) is 58.2 Å². The third kappa shape index (κ3) is 2.65. The maximum absolute atomic E-state index is 4.40. The Bertz CT molecular complexity index is 337. The van der Waals surface area contributed by atoms with Gasteiger partial charge in [0, 0.05) is 4.90 Å². The highest BCUT2D eigenvalue weighted by molar-refractivity contribution is 7.80. The Morgan fingerprint density at radius 1 is 1.36 bits per heavy atom. The molecule has 14 heavy (non-hydrogen) atoms. The molecule has 0 radical (unpaired) electrons. The van der Waals surface area contributed by atoms with Crippen molar-refractivity contribution in [1.29, 1.82) is 0 Å². The minimum atomic E-state index is 0.495. The van der Waals surface area contributed by atoms with E-state index in [1.165, 1.54) is 16.7 Å². The summed E-state index contributed by atoms with van der Waals surface area (Å²) in [6.45, 7) is 10.6. The number of allylic oxidation sites excluding steroid dienone is 1. The fraction of sp³-hybridized carbons (Fsp3) is 0.385. The van der Waals surface area contributed by atoms with Gasteiger partial charge in [0.1, 0.15) is 0 Å². The van der Waals surface area contributed by atoms with Crippen LogP contribution in [0.4, 0.5) is 0 Å². The summed E-state index contributed by atoms with van der Waals surface area (Å²) in [6, 6.07) is 6.41. The second-order valence-corrected chi connectivity index (χ2v) is 4.44. The molecule has 0 aromatic heterocycles. The highest BCUT2D eigenvalue weighted by atomic mass is 32.1. The van der Waals surface area contributed by atoms with Crippen LogP contribution >= 0.6 is 12.6 Å². The Hall–Kier alpha value is -0.690. The second kappa shape index (κ2) is 4.70. The summed E-state index contributed by atoms with van der Waals surface area (Å²) in [5.41, 5.74) is 3.74. The lowest BCUT2D eigenvalue weighted by molar-refractivity contribution is 0.856. The molecule has 0 spiro atoms. The van der Waals surface area contributed by atoms with Gasteiger partial charge in [-0.05, 0) is 41.2 Å². The van der Waals surface area contributed by atoms with Crippen molar-refractivity contribution in [3.05, 3.63) is 35.9 Å². The standard InChI is InChI=1S/C13H18S/c1-5-11-6-12(8-13(14)7-11)10(4)9(2)3/h6-9,14H,4-5H2,1-3H3. The first-order valence-electron chi connectivity index (χ1n) is 5.06. The van der Waals surface area contributed by atoms with E-state index in [0.29, 0.717) is 5.92 Å². The molecule has 0 saturated carbocycles. The minimum Gasteiger partial charge on any atom is -0.143 e. The fourth-order valence-electron chi connectivity index (χ4n) is 1.40. The minimum absolute atomic E-state index is 0.495. The summed E-state index contributed by atoms with van der Waals surface area (Å²) in [5, 5.41) is 0. The molecule has 0 N–H and O–H groups in total. The summed E-state index contributed by atoms with van der Waals surface area (Å²) in [6.07, 6.45) is 1.05. The average molecular weight is 206 g/mol. The van der Waals surface area contributed by atoms with E-state index < -0.39 is 0 Å². The van der Waals surface area contributed by atoms with Crippen LogP contribution in [0.2, 0.25) is 0 Å². The van der Waals surface area contributed by atoms with Crippen molar-refractivity contribution in [2.45, 2.75) is 32.1 Å². The molecule has 0 bridgehead atoms. The maximum Gasteiger partial charge on any atom is 0.00487 e. The predicted molar refractivity (Wildman–Crippen MR) is 66.9 cm³/mol. The van der Waals surface area contributed by atoms with Crippen molar-refractivity contribution in [3.8, 4) is 0 Å². The summed E-state index contributed by atoms with van der Waals surface area (Å²) < 4.78 is 0. The first kappa shape index (κ1) is 11.4. The number of aryl methyl sites for hydroxylation is 1. The van der Waals surface area contributed by atoms with Gasteiger partial charge in [0.05, 0.1) is 0 Å². The molecule has 1 rings (SSSR count). The van der Waals surface area contributed by atoms with Crippen LogP contribution in [-0.2, 0) is 6.42 Å². The molecule has 0 aliphatic rings. The zero-order valence-corrected chi connectivity index (χ0v) is 10.1. The smallest absolute Gasteiger partial charge is 0.00487 e. The van der Waals surface area contributed by atoms with Crippen LogP contribution in [0, 0.1) is 5.92 Å². The third-order valence-electron chi connectivity index (χ3n) is 2.45. The van der Waals surface area contributed by atoms with E-state index in [4.69, 9.17) is 0 Å². The molecular formula is C13H18S. The van der Waals surface area contributed by atoms with Crippen LogP contribution in [0.5, 0.6) is 0 Å². The molecule has 1 aromatic rings. The van der Waals surface area contributed by atoms with E-state index in [-0.39, 0.29) is 0 Å². The summed E-state index contributed by atoms with van der Waals surface area (Å²) in [7, 11) is 0. The first-order valence-corrected chi connectivity index (χ1v) is 5.51. The highest BCUT2D eigenvalue weighted by Crippen LogP contribution is 2.24. The van der Waals surface area contributed by atoms with Gasteiger partial charge in [-0.15, -0.1) is 12.6 Å². The zero-order valence-electron chi connectivity index (χ0n) is 9.17. The Labute approximate surface area is 92.5 Å². The van der Waals surface area contributed by atoms with Gasteiger partial charge in [-0.25, -0.2) is 0 Å². The van der Waals surface area contributed by atoms with Crippen LogP contribution in [-0.4, -0.2) is 0 Å². The molecule has 0 nitrogen and oxygen atoms in total. The van der Waals surface area contributed by atoms with E-state index in [1.54, 1.807) is 0 Å². The van der Waals surface area contributed by atoms with E-state index in [9.17, 15) is 0 Å². The van der Waals surface area contributed by atoms with Crippen LogP contribution in [0.1, 0.15) is 31.9 Å². The molecule has 0 unspecified atom stereocenters. The largest absolute Gasteiger partial charge is 0.143 e. The first-order chi connectivity index (χ1) is 6.54. The van der Waals surface area contributed by atoms with Crippen molar-refractivity contribution < 1.29 is 0 Å². The number of thiol groups is 1. The van der Waals surface area contributed by atoms with Crippen molar-refractivity contribution in [2.24, 2.45) is 5.92 Å². The number of rotatable bonds is 3. The normalized spacial score (nSPS) is 10.6. The molecule has 0 aliphatic heterocycles. The van der Waals surface area contributed by atoms with Gasteiger partial charge >= 0.3 is 0 Å². The van der Waals surface area contributed by atoms with Crippen molar-refractivity contribution in [1.82, 2.24) is 0 Å². The van der Waals surface area contributed by atoms with Crippen molar-refractivity contribution in [3.63, 3.8) is 0 Å². The lowest BCUT2D eigenvalue weighted by atomic mass is 9.95. The van der Waals surface area contributed by atoms with E-state index in [0.717, 1.165) is 11.3 Å². The Morgan fingerprint density at radius 2 is 2.00 bits per heavy atom. The van der Waals surface area contributed by atoms with Crippen molar-refractivity contribution >= 4 is 18.2 Å². The lowest BCUT2D eigenvalue weighted by Crippen LogP contribution is -1.93. The van der Waals surface area contributed by atoms with Gasteiger partial charge < -0.3 is 0 Å². The quantitative estimate of drug-likeness (QED) is 0.704. The summed E-state index contributed by atoms with van der Waals surface area (Å²) in [4.78, 5) is 1.03. The molecule has 1 aromatic carbocycles. The predicted octanol–water partition coefficient (Wildman–Crippen LogP) is 4.21. The van der Waals surface area contributed by atoms with E-state index >= 15 is 0 Å². The van der Waals surface area contributed by atoms with Crippen LogP contribution < -0.4 is 0 Å². The molecule has 0 saturated heterocycles. The Balaban J connectivity index is 3.09. The molecule has 1 heteroatoms. The van der Waals surface area contributed by atoms with Crippen LogP contribution in [0.3, 0.4) is 0 Å². The van der Waals surface area contributed by atoms with Gasteiger partial charge in [0.2, 0.25) is 0 Å². The van der Waals surface area contributed by atoms with E-state index in [1.807, 2.05) is 0 Å².